The summed E-state index contributed by atoms with van der Waals surface area (Å²) < 4.78 is 11.5. The van der Waals surface area contributed by atoms with Crippen molar-refractivity contribution in [3.8, 4) is 0 Å². The van der Waals surface area contributed by atoms with Gasteiger partial charge < -0.3 is 19.7 Å². The fraction of sp³-hybridized carbons (Fsp3) is 0.368. The molecule has 0 unspecified atom stereocenters. The van der Waals surface area contributed by atoms with Crippen molar-refractivity contribution >= 4 is 29.0 Å². The third-order valence-electron chi connectivity index (χ3n) is 4.77. The Morgan fingerprint density at radius 3 is 2.38 bits per heavy atom. The molecule has 0 radical (unpaired) electrons. The molecule has 26 heavy (non-hydrogen) atoms. The van der Waals surface area contributed by atoms with Crippen molar-refractivity contribution < 1.29 is 14.3 Å². The summed E-state index contributed by atoms with van der Waals surface area (Å²) in [6, 6.07) is 10.6. The summed E-state index contributed by atoms with van der Waals surface area (Å²) >= 11 is 5.85. The number of hydrogen-bond donors (Lipinski definition) is 1. The summed E-state index contributed by atoms with van der Waals surface area (Å²) in [7, 11) is 0. The molecule has 2 aliphatic heterocycles. The Bertz CT molecular complexity index is 764. The van der Waals surface area contributed by atoms with Crippen LogP contribution in [0.1, 0.15) is 23.2 Å². The average molecular weight is 374 g/mol. The van der Waals surface area contributed by atoms with Crippen LogP contribution in [0.15, 0.2) is 42.6 Å². The van der Waals surface area contributed by atoms with Gasteiger partial charge in [-0.25, -0.2) is 4.98 Å². The van der Waals surface area contributed by atoms with Crippen LogP contribution in [-0.2, 0) is 9.47 Å². The van der Waals surface area contributed by atoms with E-state index in [1.807, 2.05) is 12.1 Å². The van der Waals surface area contributed by atoms with Gasteiger partial charge >= 0.3 is 0 Å². The molecule has 2 fully saturated rings. The molecule has 0 aliphatic carbocycles. The van der Waals surface area contributed by atoms with Crippen molar-refractivity contribution in [3.63, 3.8) is 0 Å². The number of aromatic nitrogens is 1. The van der Waals surface area contributed by atoms with E-state index in [4.69, 9.17) is 21.1 Å². The van der Waals surface area contributed by atoms with Crippen LogP contribution in [-0.4, -0.2) is 43.0 Å². The number of rotatable bonds is 3. The second-order valence-electron chi connectivity index (χ2n) is 6.46. The molecule has 0 bridgehead atoms. The minimum absolute atomic E-state index is 0.188. The molecular formula is C19H20ClN3O3. The highest BCUT2D eigenvalue weighted by molar-refractivity contribution is 6.30. The van der Waals surface area contributed by atoms with Crippen LogP contribution in [0.5, 0.6) is 0 Å². The highest BCUT2D eigenvalue weighted by Crippen LogP contribution is 2.32. The number of nitrogens with one attached hydrogen (secondary N) is 1. The standard InChI is InChI=1S/C19H20ClN3O3/c20-15-3-1-14(2-4-15)18(24)22-16-5-6-17(21-13-16)23-9-7-19(8-10-23)25-11-12-26-19/h1-6,13H,7-12H2,(H,22,24). The number of halogens is 1. The topological polar surface area (TPSA) is 63.7 Å². The molecule has 2 aromatic rings. The van der Waals surface area contributed by atoms with E-state index in [9.17, 15) is 4.79 Å². The summed E-state index contributed by atoms with van der Waals surface area (Å²) in [5.41, 5.74) is 1.21. The van der Waals surface area contributed by atoms with E-state index in [0.29, 0.717) is 29.5 Å². The predicted molar refractivity (Wildman–Crippen MR) is 99.7 cm³/mol. The van der Waals surface area contributed by atoms with Crippen molar-refractivity contribution in [2.24, 2.45) is 0 Å². The summed E-state index contributed by atoms with van der Waals surface area (Å²) in [6.45, 7) is 3.04. The van der Waals surface area contributed by atoms with E-state index >= 15 is 0 Å². The number of carbonyl (C=O) groups excluding carboxylic acids is 1. The SMILES string of the molecule is O=C(Nc1ccc(N2CCC3(CC2)OCCO3)nc1)c1ccc(Cl)cc1. The Labute approximate surface area is 157 Å². The van der Waals surface area contributed by atoms with Crippen molar-refractivity contribution in [1.82, 2.24) is 4.98 Å². The van der Waals surface area contributed by atoms with E-state index in [2.05, 4.69) is 15.2 Å². The maximum Gasteiger partial charge on any atom is 0.255 e. The third-order valence-corrected chi connectivity index (χ3v) is 5.03. The van der Waals surface area contributed by atoms with E-state index < -0.39 is 0 Å². The summed E-state index contributed by atoms with van der Waals surface area (Å²) in [4.78, 5) is 18.9. The highest BCUT2D eigenvalue weighted by Gasteiger charge is 2.39. The molecule has 0 saturated carbocycles. The van der Waals surface area contributed by atoms with Crippen LogP contribution in [0.2, 0.25) is 5.02 Å². The number of benzene rings is 1. The monoisotopic (exact) mass is 373 g/mol. The van der Waals surface area contributed by atoms with Crippen LogP contribution in [0.25, 0.3) is 0 Å². The third kappa shape index (κ3) is 3.67. The van der Waals surface area contributed by atoms with Gasteiger partial charge in [0.25, 0.3) is 5.91 Å². The molecule has 1 aromatic carbocycles. The summed E-state index contributed by atoms with van der Waals surface area (Å²) in [5.74, 6) is 0.317. The Morgan fingerprint density at radius 1 is 1.08 bits per heavy atom. The molecule has 1 amide bonds. The lowest BCUT2D eigenvalue weighted by Crippen LogP contribution is -2.45. The average Bonchev–Trinajstić information content (AvgIpc) is 3.12. The Morgan fingerprint density at radius 2 is 1.77 bits per heavy atom. The maximum absolute atomic E-state index is 12.2. The molecule has 1 aromatic heterocycles. The van der Waals surface area contributed by atoms with Crippen LogP contribution >= 0.6 is 11.6 Å². The normalized spacial score (nSPS) is 18.9. The second-order valence-corrected chi connectivity index (χ2v) is 6.90. The quantitative estimate of drug-likeness (QED) is 0.894. The van der Waals surface area contributed by atoms with Crippen LogP contribution in [0.4, 0.5) is 11.5 Å². The van der Waals surface area contributed by atoms with Crippen LogP contribution < -0.4 is 10.2 Å². The Kier molecular flexibility index (Phi) is 4.80. The molecule has 4 rings (SSSR count). The van der Waals surface area contributed by atoms with Gasteiger partial charge in [0, 0.05) is 36.5 Å². The van der Waals surface area contributed by atoms with Crippen molar-refractivity contribution in [2.75, 3.05) is 36.5 Å². The lowest BCUT2D eigenvalue weighted by atomic mass is 10.0. The number of pyridine rings is 1. The molecule has 2 aliphatic rings. The van der Waals surface area contributed by atoms with Gasteiger partial charge in [0.15, 0.2) is 5.79 Å². The smallest absolute Gasteiger partial charge is 0.255 e. The molecule has 2 saturated heterocycles. The van der Waals surface area contributed by atoms with E-state index in [1.165, 1.54) is 0 Å². The number of amides is 1. The molecule has 6 nitrogen and oxygen atoms in total. The zero-order chi connectivity index (χ0) is 18.0. The van der Waals surface area contributed by atoms with Gasteiger partial charge in [0.05, 0.1) is 25.1 Å². The van der Waals surface area contributed by atoms with Crippen molar-refractivity contribution in [3.05, 3.63) is 53.2 Å². The van der Waals surface area contributed by atoms with Gasteiger partial charge in [-0.15, -0.1) is 0 Å². The predicted octanol–water partition coefficient (Wildman–Crippen LogP) is 3.33. The fourth-order valence-corrected chi connectivity index (χ4v) is 3.44. The number of piperidine rings is 1. The lowest BCUT2D eigenvalue weighted by Gasteiger charge is -2.38. The van der Waals surface area contributed by atoms with Crippen LogP contribution in [0, 0.1) is 0 Å². The number of ether oxygens (including phenoxy) is 2. The van der Waals surface area contributed by atoms with E-state index in [1.54, 1.807) is 30.5 Å². The first-order valence-electron chi connectivity index (χ1n) is 8.69. The zero-order valence-electron chi connectivity index (χ0n) is 14.3. The van der Waals surface area contributed by atoms with Gasteiger partial charge in [0.2, 0.25) is 0 Å². The molecule has 136 valence electrons. The van der Waals surface area contributed by atoms with Crippen LogP contribution in [0.3, 0.4) is 0 Å². The number of carbonyl (C=O) groups is 1. The van der Waals surface area contributed by atoms with Crippen molar-refractivity contribution in [1.29, 1.82) is 0 Å². The Balaban J connectivity index is 1.36. The number of anilines is 2. The van der Waals surface area contributed by atoms with Gasteiger partial charge in [-0.1, -0.05) is 11.6 Å². The van der Waals surface area contributed by atoms with Gasteiger partial charge in [0.1, 0.15) is 5.82 Å². The minimum atomic E-state index is -0.386. The van der Waals surface area contributed by atoms with Gasteiger partial charge in [-0.3, -0.25) is 4.79 Å². The number of nitrogens with zero attached hydrogens (tertiary/aromatic N) is 2. The second kappa shape index (κ2) is 7.23. The first-order valence-corrected chi connectivity index (χ1v) is 9.07. The van der Waals surface area contributed by atoms with Gasteiger partial charge in [-0.05, 0) is 36.4 Å². The highest BCUT2D eigenvalue weighted by atomic mass is 35.5. The maximum atomic E-state index is 12.2. The van der Waals surface area contributed by atoms with E-state index in [0.717, 1.165) is 31.7 Å². The summed E-state index contributed by atoms with van der Waals surface area (Å²) in [6.07, 6.45) is 3.35. The number of hydrogen-bond acceptors (Lipinski definition) is 5. The molecule has 1 N–H and O–H groups in total. The fourth-order valence-electron chi connectivity index (χ4n) is 3.31. The molecule has 0 atom stereocenters. The lowest BCUT2D eigenvalue weighted by molar-refractivity contribution is -0.169. The largest absolute Gasteiger partial charge is 0.356 e. The molecular weight excluding hydrogens is 354 g/mol. The Hall–Kier alpha value is -2.15. The first kappa shape index (κ1) is 17.3. The van der Waals surface area contributed by atoms with Gasteiger partial charge in [-0.2, -0.15) is 0 Å². The minimum Gasteiger partial charge on any atom is -0.356 e. The van der Waals surface area contributed by atoms with Crippen molar-refractivity contribution in [2.45, 2.75) is 18.6 Å². The first-order chi connectivity index (χ1) is 12.6. The zero-order valence-corrected chi connectivity index (χ0v) is 15.0. The molecule has 7 heteroatoms. The molecule has 1 spiro atoms. The van der Waals surface area contributed by atoms with E-state index in [-0.39, 0.29) is 11.7 Å². The summed E-state index contributed by atoms with van der Waals surface area (Å²) in [5, 5.41) is 3.45. The molecule has 3 heterocycles.